The van der Waals surface area contributed by atoms with Crippen LogP contribution in [0.3, 0.4) is 0 Å². The van der Waals surface area contributed by atoms with E-state index in [1.54, 1.807) is 11.1 Å². The molecule has 0 aliphatic carbocycles. The lowest BCUT2D eigenvalue weighted by molar-refractivity contribution is -0.0790. The standard InChI is InChI=1S/C13H17N3O4/c17-6-10-11(18)12(19)13(20-10)16-5-3-9(15-7-16)8-2-1-4-14-8/h1-5,10-14,17-19H,6-7H2/t10-,11-,12-,13-/m1/s1. The molecule has 0 bridgehead atoms. The van der Waals surface area contributed by atoms with E-state index in [0.717, 1.165) is 11.4 Å². The van der Waals surface area contributed by atoms with Crippen molar-refractivity contribution in [2.45, 2.75) is 24.5 Å². The second-order valence-electron chi connectivity index (χ2n) is 4.83. The highest BCUT2D eigenvalue weighted by Gasteiger charge is 2.44. The third-order valence-electron chi connectivity index (χ3n) is 3.55. The van der Waals surface area contributed by atoms with Gasteiger partial charge in [0.15, 0.2) is 6.23 Å². The van der Waals surface area contributed by atoms with Crippen LogP contribution in [0, 0.1) is 0 Å². The number of aromatic nitrogens is 1. The van der Waals surface area contributed by atoms with E-state index >= 15 is 0 Å². The molecule has 3 heterocycles. The molecule has 3 rings (SSSR count). The van der Waals surface area contributed by atoms with Gasteiger partial charge in [0.05, 0.1) is 18.0 Å². The molecule has 108 valence electrons. The summed E-state index contributed by atoms with van der Waals surface area (Å²) in [6.45, 7) is -0.0132. The Bertz CT molecular complexity index is 514. The quantitative estimate of drug-likeness (QED) is 0.570. The molecule has 20 heavy (non-hydrogen) atoms. The van der Waals surface area contributed by atoms with Gasteiger partial charge in [0.1, 0.15) is 25.0 Å². The predicted octanol–water partition coefficient (Wildman–Crippen LogP) is -0.970. The summed E-state index contributed by atoms with van der Waals surface area (Å²) >= 11 is 0. The Hall–Kier alpha value is -1.67. The largest absolute Gasteiger partial charge is 0.394 e. The van der Waals surface area contributed by atoms with E-state index in [1.165, 1.54) is 0 Å². The molecule has 0 spiro atoms. The Morgan fingerprint density at radius 1 is 1.40 bits per heavy atom. The van der Waals surface area contributed by atoms with Gasteiger partial charge in [-0.2, -0.15) is 0 Å². The number of aromatic amines is 1. The van der Waals surface area contributed by atoms with Crippen LogP contribution in [-0.2, 0) is 4.74 Å². The van der Waals surface area contributed by atoms with Gasteiger partial charge < -0.3 is 29.9 Å². The van der Waals surface area contributed by atoms with E-state index in [1.807, 2.05) is 24.4 Å². The van der Waals surface area contributed by atoms with E-state index in [-0.39, 0.29) is 6.61 Å². The first-order chi connectivity index (χ1) is 9.70. The fraction of sp³-hybridized carbons (Fsp3) is 0.462. The van der Waals surface area contributed by atoms with Crippen molar-refractivity contribution in [3.05, 3.63) is 36.3 Å². The second kappa shape index (κ2) is 5.37. The summed E-state index contributed by atoms with van der Waals surface area (Å²) in [7, 11) is 0. The van der Waals surface area contributed by atoms with Gasteiger partial charge in [-0.15, -0.1) is 0 Å². The molecule has 1 aromatic rings. The zero-order chi connectivity index (χ0) is 14.1. The van der Waals surface area contributed by atoms with Crippen LogP contribution >= 0.6 is 0 Å². The molecule has 0 aromatic carbocycles. The van der Waals surface area contributed by atoms with Crippen molar-refractivity contribution >= 4 is 5.71 Å². The molecule has 4 N–H and O–H groups in total. The van der Waals surface area contributed by atoms with Crippen molar-refractivity contribution < 1.29 is 20.1 Å². The predicted molar refractivity (Wildman–Crippen MR) is 70.9 cm³/mol. The lowest BCUT2D eigenvalue weighted by atomic mass is 10.1. The van der Waals surface area contributed by atoms with Crippen LogP contribution in [0.15, 0.2) is 35.6 Å². The van der Waals surface area contributed by atoms with Crippen molar-refractivity contribution in [3.63, 3.8) is 0 Å². The third-order valence-corrected chi connectivity index (χ3v) is 3.55. The summed E-state index contributed by atoms with van der Waals surface area (Å²) in [5.41, 5.74) is 1.74. The number of H-pyrrole nitrogens is 1. The number of hydrogen-bond donors (Lipinski definition) is 4. The summed E-state index contributed by atoms with van der Waals surface area (Å²) < 4.78 is 5.45. The summed E-state index contributed by atoms with van der Waals surface area (Å²) in [5.74, 6) is 0. The number of allylic oxidation sites excluding steroid dienone is 1. The number of nitrogens with one attached hydrogen (secondary N) is 1. The Balaban J connectivity index is 1.69. The second-order valence-corrected chi connectivity index (χ2v) is 4.83. The summed E-state index contributed by atoms with van der Waals surface area (Å²) in [5, 5.41) is 28.8. The molecule has 4 atom stereocenters. The summed E-state index contributed by atoms with van der Waals surface area (Å²) in [6.07, 6.45) is 1.77. The topological polar surface area (TPSA) is 101 Å². The highest BCUT2D eigenvalue weighted by molar-refractivity contribution is 6.07. The molecular weight excluding hydrogens is 262 g/mol. The molecule has 0 amide bonds. The van der Waals surface area contributed by atoms with E-state index < -0.39 is 24.5 Å². The van der Waals surface area contributed by atoms with Gasteiger partial charge in [-0.1, -0.05) is 0 Å². The van der Waals surface area contributed by atoms with E-state index in [4.69, 9.17) is 9.84 Å². The van der Waals surface area contributed by atoms with Crippen LogP contribution in [0.25, 0.3) is 0 Å². The number of rotatable bonds is 3. The Labute approximate surface area is 115 Å². The van der Waals surface area contributed by atoms with Gasteiger partial charge in [0.25, 0.3) is 0 Å². The Kier molecular flexibility index (Phi) is 3.58. The zero-order valence-electron chi connectivity index (χ0n) is 10.8. The molecule has 1 aromatic heterocycles. The number of hydrogen-bond acceptors (Lipinski definition) is 6. The number of nitrogens with zero attached hydrogens (tertiary/aromatic N) is 2. The zero-order valence-corrected chi connectivity index (χ0v) is 10.8. The maximum absolute atomic E-state index is 9.94. The average molecular weight is 279 g/mol. The third kappa shape index (κ3) is 2.25. The molecule has 0 radical (unpaired) electrons. The van der Waals surface area contributed by atoms with Crippen molar-refractivity contribution in [1.29, 1.82) is 0 Å². The first kappa shape index (κ1) is 13.3. The van der Waals surface area contributed by atoms with E-state index in [0.29, 0.717) is 6.67 Å². The normalized spacial score (nSPS) is 33.5. The van der Waals surface area contributed by atoms with Gasteiger partial charge in [0, 0.05) is 12.4 Å². The van der Waals surface area contributed by atoms with Crippen LogP contribution < -0.4 is 0 Å². The van der Waals surface area contributed by atoms with Gasteiger partial charge >= 0.3 is 0 Å². The highest BCUT2D eigenvalue weighted by Crippen LogP contribution is 2.25. The first-order valence-electron chi connectivity index (χ1n) is 6.45. The van der Waals surface area contributed by atoms with Gasteiger partial charge in [-0.3, -0.25) is 4.99 Å². The molecule has 1 saturated heterocycles. The number of ether oxygens (including phenoxy) is 1. The Morgan fingerprint density at radius 2 is 2.25 bits per heavy atom. The van der Waals surface area contributed by atoms with E-state index in [2.05, 4.69) is 9.98 Å². The number of aliphatic hydroxyl groups excluding tert-OH is 3. The maximum Gasteiger partial charge on any atom is 0.160 e. The minimum atomic E-state index is -1.09. The van der Waals surface area contributed by atoms with Crippen molar-refractivity contribution in [2.24, 2.45) is 4.99 Å². The molecule has 1 fully saturated rings. The van der Waals surface area contributed by atoms with Crippen molar-refractivity contribution in [2.75, 3.05) is 13.3 Å². The maximum atomic E-state index is 9.94. The lowest BCUT2D eigenvalue weighted by Gasteiger charge is -2.29. The molecule has 0 unspecified atom stereocenters. The van der Waals surface area contributed by atoms with Gasteiger partial charge in [-0.25, -0.2) is 0 Å². The molecular formula is C13H17N3O4. The van der Waals surface area contributed by atoms with E-state index in [9.17, 15) is 10.2 Å². The molecule has 7 heteroatoms. The molecule has 2 aliphatic heterocycles. The first-order valence-corrected chi connectivity index (χ1v) is 6.45. The average Bonchev–Trinajstić information content (AvgIpc) is 3.10. The van der Waals surface area contributed by atoms with Crippen molar-refractivity contribution in [1.82, 2.24) is 9.88 Å². The molecule has 2 aliphatic rings. The number of aliphatic hydroxyl groups is 3. The van der Waals surface area contributed by atoms with Gasteiger partial charge in [-0.05, 0) is 18.2 Å². The highest BCUT2D eigenvalue weighted by atomic mass is 16.6. The SMILES string of the molecule is OC[C@H]1O[C@@H](N2C=CC(c3ccc[nH]3)=NC2)[C@H](O)[C@@H]1O. The van der Waals surface area contributed by atoms with Crippen LogP contribution in [0.1, 0.15) is 5.69 Å². The summed E-state index contributed by atoms with van der Waals surface area (Å²) in [4.78, 5) is 9.16. The fourth-order valence-corrected chi connectivity index (χ4v) is 2.41. The smallest absolute Gasteiger partial charge is 0.160 e. The van der Waals surface area contributed by atoms with Crippen LogP contribution in [0.5, 0.6) is 0 Å². The minimum Gasteiger partial charge on any atom is -0.394 e. The lowest BCUT2D eigenvalue weighted by Crippen LogP contribution is -2.42. The molecule has 0 saturated carbocycles. The molecule has 7 nitrogen and oxygen atoms in total. The van der Waals surface area contributed by atoms with Crippen LogP contribution in [-0.4, -0.2) is 68.7 Å². The van der Waals surface area contributed by atoms with Gasteiger partial charge in [0.2, 0.25) is 0 Å². The Morgan fingerprint density at radius 3 is 2.80 bits per heavy atom. The monoisotopic (exact) mass is 279 g/mol. The van der Waals surface area contributed by atoms with Crippen LogP contribution in [0.2, 0.25) is 0 Å². The summed E-state index contributed by atoms with van der Waals surface area (Å²) in [6, 6.07) is 3.81. The van der Waals surface area contributed by atoms with Crippen LogP contribution in [0.4, 0.5) is 0 Å². The minimum absolute atomic E-state index is 0.317. The van der Waals surface area contributed by atoms with Crippen molar-refractivity contribution in [3.8, 4) is 0 Å². The number of aliphatic imine (C=N–C) groups is 1. The fourth-order valence-electron chi connectivity index (χ4n) is 2.41.